The van der Waals surface area contributed by atoms with E-state index in [0.29, 0.717) is 23.1 Å². The number of rotatable bonds is 5. The minimum absolute atomic E-state index is 0.00309. The van der Waals surface area contributed by atoms with E-state index in [-0.39, 0.29) is 18.1 Å². The second kappa shape index (κ2) is 5.96. The van der Waals surface area contributed by atoms with Crippen LogP contribution in [-0.4, -0.2) is 28.9 Å². The van der Waals surface area contributed by atoms with E-state index in [1.54, 1.807) is 24.4 Å². The maximum absolute atomic E-state index is 11.4. The number of hydrogen-bond donors (Lipinski definition) is 2. The van der Waals surface area contributed by atoms with Crippen molar-refractivity contribution in [3.63, 3.8) is 0 Å². The molecular formula is C13H14N4O3. The van der Waals surface area contributed by atoms with Crippen LogP contribution >= 0.6 is 0 Å². The van der Waals surface area contributed by atoms with Crippen LogP contribution in [0.15, 0.2) is 30.5 Å². The highest BCUT2D eigenvalue weighted by Crippen LogP contribution is 2.29. The summed E-state index contributed by atoms with van der Waals surface area (Å²) in [5.41, 5.74) is 1.07. The lowest BCUT2D eigenvalue weighted by Crippen LogP contribution is -2.29. The van der Waals surface area contributed by atoms with Gasteiger partial charge >= 0.3 is 0 Å². The highest BCUT2D eigenvalue weighted by molar-refractivity contribution is 5.97. The van der Waals surface area contributed by atoms with Gasteiger partial charge in [-0.1, -0.05) is 0 Å². The number of benzene rings is 1. The van der Waals surface area contributed by atoms with Crippen LogP contribution in [-0.2, 0) is 4.79 Å². The van der Waals surface area contributed by atoms with Crippen LogP contribution in [0, 0.1) is 10.1 Å². The molecule has 0 atom stereocenters. The highest BCUT2D eigenvalue weighted by atomic mass is 16.6. The number of fused-ring (bicyclic) bond motifs is 1. The Balaban J connectivity index is 2.33. The zero-order chi connectivity index (χ0) is 14.5. The van der Waals surface area contributed by atoms with Gasteiger partial charge in [-0.25, -0.2) is 0 Å². The van der Waals surface area contributed by atoms with Gasteiger partial charge in [0.15, 0.2) is 0 Å². The van der Waals surface area contributed by atoms with E-state index in [4.69, 9.17) is 0 Å². The first-order valence-electron chi connectivity index (χ1n) is 6.16. The number of carbonyl (C=O) groups excluding carboxylic acids is 1. The normalized spacial score (nSPS) is 10.2. The molecule has 0 saturated heterocycles. The summed E-state index contributed by atoms with van der Waals surface area (Å²) in [6.07, 6.45) is 1.56. The van der Waals surface area contributed by atoms with Gasteiger partial charge in [0.2, 0.25) is 5.91 Å². The van der Waals surface area contributed by atoms with Gasteiger partial charge in [0.25, 0.3) is 5.69 Å². The van der Waals surface area contributed by atoms with Crippen molar-refractivity contribution in [3.05, 3.63) is 40.6 Å². The average molecular weight is 274 g/mol. The summed E-state index contributed by atoms with van der Waals surface area (Å²) >= 11 is 0. The predicted octanol–water partition coefficient (Wildman–Crippen LogP) is 1.69. The Morgan fingerprint density at radius 2 is 2.20 bits per heavy atom. The molecule has 2 N–H and O–H groups in total. The number of nitro benzene ring substituents is 1. The lowest BCUT2D eigenvalue weighted by Gasteiger charge is -2.09. The van der Waals surface area contributed by atoms with Crippen molar-refractivity contribution in [2.24, 2.45) is 0 Å². The maximum atomic E-state index is 11.4. The lowest BCUT2D eigenvalue weighted by molar-refractivity contribution is -0.383. The van der Waals surface area contributed by atoms with Gasteiger partial charge in [-0.3, -0.25) is 19.9 Å². The van der Waals surface area contributed by atoms with Crippen LogP contribution in [0.2, 0.25) is 0 Å². The SMILES string of the molecule is CCNC(=O)CNc1ccc([N+](=O)[O-])c2cccnc12. The van der Waals surface area contributed by atoms with E-state index in [1.807, 2.05) is 6.92 Å². The summed E-state index contributed by atoms with van der Waals surface area (Å²) in [7, 11) is 0. The first-order chi connectivity index (χ1) is 9.63. The Hall–Kier alpha value is -2.70. The van der Waals surface area contributed by atoms with Crippen LogP contribution in [0.25, 0.3) is 10.9 Å². The molecule has 2 aromatic rings. The third-order valence-electron chi connectivity index (χ3n) is 2.76. The van der Waals surface area contributed by atoms with Gasteiger partial charge in [0, 0.05) is 18.8 Å². The molecule has 1 heterocycles. The summed E-state index contributed by atoms with van der Waals surface area (Å²) in [6.45, 7) is 2.48. The van der Waals surface area contributed by atoms with E-state index in [9.17, 15) is 14.9 Å². The van der Waals surface area contributed by atoms with Crippen LogP contribution in [0.5, 0.6) is 0 Å². The zero-order valence-corrected chi connectivity index (χ0v) is 10.9. The molecule has 0 spiro atoms. The predicted molar refractivity (Wildman–Crippen MR) is 75.6 cm³/mol. The number of hydrogen-bond acceptors (Lipinski definition) is 5. The Morgan fingerprint density at radius 1 is 1.40 bits per heavy atom. The van der Waals surface area contributed by atoms with Crippen molar-refractivity contribution in [2.75, 3.05) is 18.4 Å². The molecular weight excluding hydrogens is 260 g/mol. The molecule has 0 aliphatic heterocycles. The van der Waals surface area contributed by atoms with E-state index in [1.165, 1.54) is 6.07 Å². The van der Waals surface area contributed by atoms with Crippen molar-refractivity contribution in [1.29, 1.82) is 0 Å². The number of aromatic nitrogens is 1. The number of non-ortho nitro benzene ring substituents is 1. The zero-order valence-electron chi connectivity index (χ0n) is 10.9. The first-order valence-corrected chi connectivity index (χ1v) is 6.16. The summed E-state index contributed by atoms with van der Waals surface area (Å²) in [6, 6.07) is 6.25. The number of nitrogens with zero attached hydrogens (tertiary/aromatic N) is 2. The second-order valence-corrected chi connectivity index (χ2v) is 4.10. The molecule has 0 unspecified atom stereocenters. The molecule has 0 aliphatic rings. The largest absolute Gasteiger partial charge is 0.374 e. The maximum Gasteiger partial charge on any atom is 0.278 e. The van der Waals surface area contributed by atoms with Crippen LogP contribution < -0.4 is 10.6 Å². The Bertz CT molecular complexity index is 657. The number of likely N-dealkylation sites (N-methyl/N-ethyl adjacent to an activating group) is 1. The number of pyridine rings is 1. The minimum Gasteiger partial charge on any atom is -0.374 e. The van der Waals surface area contributed by atoms with Crippen molar-refractivity contribution in [1.82, 2.24) is 10.3 Å². The molecule has 1 aromatic heterocycles. The lowest BCUT2D eigenvalue weighted by atomic mass is 10.1. The fourth-order valence-corrected chi connectivity index (χ4v) is 1.89. The van der Waals surface area contributed by atoms with E-state index < -0.39 is 4.92 Å². The van der Waals surface area contributed by atoms with E-state index in [0.717, 1.165) is 0 Å². The second-order valence-electron chi connectivity index (χ2n) is 4.10. The van der Waals surface area contributed by atoms with Crippen LogP contribution in [0.1, 0.15) is 6.92 Å². The molecule has 0 fully saturated rings. The monoisotopic (exact) mass is 274 g/mol. The summed E-state index contributed by atoms with van der Waals surface area (Å²) in [5, 5.41) is 17.0. The van der Waals surface area contributed by atoms with Gasteiger partial charge < -0.3 is 10.6 Å². The molecule has 104 valence electrons. The first kappa shape index (κ1) is 13.7. The molecule has 0 saturated carbocycles. The van der Waals surface area contributed by atoms with Crippen molar-refractivity contribution in [2.45, 2.75) is 6.92 Å². The van der Waals surface area contributed by atoms with Crippen LogP contribution in [0.4, 0.5) is 11.4 Å². The van der Waals surface area contributed by atoms with Crippen molar-refractivity contribution >= 4 is 28.2 Å². The molecule has 1 aromatic carbocycles. The number of nitro groups is 1. The summed E-state index contributed by atoms with van der Waals surface area (Å²) in [5.74, 6) is -0.144. The van der Waals surface area contributed by atoms with E-state index in [2.05, 4.69) is 15.6 Å². The number of carbonyl (C=O) groups is 1. The van der Waals surface area contributed by atoms with Crippen LogP contribution in [0.3, 0.4) is 0 Å². The summed E-state index contributed by atoms with van der Waals surface area (Å²) in [4.78, 5) is 26.1. The average Bonchev–Trinajstić information content (AvgIpc) is 2.44. The number of nitrogens with one attached hydrogen (secondary N) is 2. The molecule has 0 bridgehead atoms. The fourth-order valence-electron chi connectivity index (χ4n) is 1.89. The Kier molecular flexibility index (Phi) is 4.09. The van der Waals surface area contributed by atoms with Gasteiger partial charge in [-0.15, -0.1) is 0 Å². The summed E-state index contributed by atoms with van der Waals surface area (Å²) < 4.78 is 0. The Morgan fingerprint density at radius 3 is 2.90 bits per heavy atom. The van der Waals surface area contributed by atoms with Gasteiger partial charge in [-0.05, 0) is 25.1 Å². The third kappa shape index (κ3) is 2.82. The highest BCUT2D eigenvalue weighted by Gasteiger charge is 2.15. The quantitative estimate of drug-likeness (QED) is 0.638. The topological polar surface area (TPSA) is 97.2 Å². The van der Waals surface area contributed by atoms with Gasteiger partial charge in [0.1, 0.15) is 5.52 Å². The van der Waals surface area contributed by atoms with Gasteiger partial charge in [-0.2, -0.15) is 0 Å². The Labute approximate surface area is 115 Å². The molecule has 7 nitrogen and oxygen atoms in total. The van der Waals surface area contributed by atoms with Crippen molar-refractivity contribution in [3.8, 4) is 0 Å². The smallest absolute Gasteiger partial charge is 0.278 e. The number of amides is 1. The molecule has 20 heavy (non-hydrogen) atoms. The van der Waals surface area contributed by atoms with Crippen molar-refractivity contribution < 1.29 is 9.72 Å². The standard InChI is InChI=1S/C13H14N4O3/c1-2-14-12(18)8-16-10-5-6-11(17(19)20)9-4-3-7-15-13(9)10/h3-7,16H,2,8H2,1H3,(H,14,18). The van der Waals surface area contributed by atoms with E-state index >= 15 is 0 Å². The molecule has 0 aliphatic carbocycles. The fraction of sp³-hybridized carbons (Fsp3) is 0.231. The number of anilines is 1. The van der Waals surface area contributed by atoms with Gasteiger partial charge in [0.05, 0.1) is 22.5 Å². The molecule has 1 amide bonds. The molecule has 2 rings (SSSR count). The molecule has 0 radical (unpaired) electrons. The molecule has 7 heteroatoms. The third-order valence-corrected chi connectivity index (χ3v) is 2.76. The minimum atomic E-state index is -0.447.